The number of hydrogen-bond donors (Lipinski definition) is 2. The van der Waals surface area contributed by atoms with Gasteiger partial charge in [-0.1, -0.05) is 12.2 Å². The molecular formula is C16H16N2O5S. The van der Waals surface area contributed by atoms with E-state index in [9.17, 15) is 19.5 Å². The Morgan fingerprint density at radius 3 is 2.83 bits per heavy atom. The monoisotopic (exact) mass is 348 g/mol. The van der Waals surface area contributed by atoms with E-state index in [1.807, 2.05) is 6.08 Å². The van der Waals surface area contributed by atoms with Gasteiger partial charge in [-0.3, -0.25) is 19.8 Å². The summed E-state index contributed by atoms with van der Waals surface area (Å²) < 4.78 is 5.64. The van der Waals surface area contributed by atoms with E-state index in [0.29, 0.717) is 25.1 Å². The zero-order valence-electron chi connectivity index (χ0n) is 12.9. The normalized spacial score (nSPS) is 35.2. The zero-order valence-corrected chi connectivity index (χ0v) is 13.8. The molecule has 24 heavy (non-hydrogen) atoms. The number of thioether (sulfide) groups is 1. The van der Waals surface area contributed by atoms with E-state index in [-0.39, 0.29) is 22.6 Å². The molecule has 4 aliphatic rings. The maximum absolute atomic E-state index is 12.6. The van der Waals surface area contributed by atoms with Crippen LogP contribution in [0, 0.1) is 0 Å². The van der Waals surface area contributed by atoms with Gasteiger partial charge >= 0.3 is 5.97 Å². The SMILES string of the molecule is CC1=C(C(=O)O)N2C(=O)C3(NCCO3)[C@@H]2SC1C1=CCC(=O)C=C1. The lowest BCUT2D eigenvalue weighted by Gasteiger charge is -2.56. The summed E-state index contributed by atoms with van der Waals surface area (Å²) >= 11 is 1.48. The highest BCUT2D eigenvalue weighted by atomic mass is 32.2. The van der Waals surface area contributed by atoms with E-state index >= 15 is 0 Å². The van der Waals surface area contributed by atoms with Crippen LogP contribution in [0.1, 0.15) is 13.3 Å². The summed E-state index contributed by atoms with van der Waals surface area (Å²) in [4.78, 5) is 37.0. The number of β-lactam (4-membered cyclic amide) rings is 1. The predicted molar refractivity (Wildman–Crippen MR) is 85.9 cm³/mol. The van der Waals surface area contributed by atoms with Crippen LogP contribution in [0.25, 0.3) is 0 Å². The van der Waals surface area contributed by atoms with E-state index in [1.54, 1.807) is 13.0 Å². The van der Waals surface area contributed by atoms with Gasteiger partial charge in [0, 0.05) is 13.0 Å². The third kappa shape index (κ3) is 1.96. The Bertz CT molecular complexity index is 748. The molecule has 2 unspecified atom stereocenters. The Hall–Kier alpha value is -1.90. The molecule has 7 nitrogen and oxygen atoms in total. The molecule has 0 bridgehead atoms. The van der Waals surface area contributed by atoms with Gasteiger partial charge < -0.3 is 9.84 Å². The number of ether oxygens (including phenoxy) is 1. The second-order valence-electron chi connectivity index (χ2n) is 6.10. The first kappa shape index (κ1) is 15.6. The zero-order chi connectivity index (χ0) is 17.1. The summed E-state index contributed by atoms with van der Waals surface area (Å²) in [6.07, 6.45) is 5.39. The van der Waals surface area contributed by atoms with Gasteiger partial charge in [0.25, 0.3) is 5.91 Å². The average molecular weight is 348 g/mol. The summed E-state index contributed by atoms with van der Waals surface area (Å²) in [5.74, 6) is -1.45. The molecule has 3 heterocycles. The van der Waals surface area contributed by atoms with Crippen LogP contribution in [0.15, 0.2) is 35.1 Å². The van der Waals surface area contributed by atoms with Crippen LogP contribution >= 0.6 is 11.8 Å². The number of carbonyl (C=O) groups is 3. The van der Waals surface area contributed by atoms with Crippen molar-refractivity contribution in [2.75, 3.05) is 13.2 Å². The molecular weight excluding hydrogens is 332 g/mol. The number of nitrogens with one attached hydrogen (secondary N) is 1. The molecule has 0 saturated carbocycles. The molecule has 126 valence electrons. The molecule has 3 aliphatic heterocycles. The molecule has 4 rings (SSSR count). The molecule has 1 spiro atoms. The fourth-order valence-corrected chi connectivity index (χ4v) is 5.23. The average Bonchev–Trinajstić information content (AvgIpc) is 3.07. The van der Waals surface area contributed by atoms with Crippen molar-refractivity contribution in [2.45, 2.75) is 29.7 Å². The minimum Gasteiger partial charge on any atom is -0.477 e. The third-order valence-corrected chi connectivity index (χ3v) is 6.42. The summed E-state index contributed by atoms with van der Waals surface area (Å²) in [5.41, 5.74) is 0.389. The maximum Gasteiger partial charge on any atom is 0.352 e. The number of aliphatic carboxylic acids is 1. The van der Waals surface area contributed by atoms with Crippen molar-refractivity contribution in [3.05, 3.63) is 35.1 Å². The van der Waals surface area contributed by atoms with E-state index in [0.717, 1.165) is 5.57 Å². The first-order valence-electron chi connectivity index (χ1n) is 7.69. The van der Waals surface area contributed by atoms with E-state index in [2.05, 4.69) is 5.32 Å². The molecule has 1 amide bonds. The topological polar surface area (TPSA) is 95.9 Å². The largest absolute Gasteiger partial charge is 0.477 e. The molecule has 0 radical (unpaired) electrons. The van der Waals surface area contributed by atoms with Crippen LogP contribution in [0.3, 0.4) is 0 Å². The summed E-state index contributed by atoms with van der Waals surface area (Å²) in [7, 11) is 0. The molecule has 0 aromatic heterocycles. The third-order valence-electron chi connectivity index (χ3n) is 4.72. The van der Waals surface area contributed by atoms with Crippen molar-refractivity contribution in [1.29, 1.82) is 0 Å². The summed E-state index contributed by atoms with van der Waals surface area (Å²) in [5, 5.41) is 12.1. The van der Waals surface area contributed by atoms with Crippen molar-refractivity contribution in [3.63, 3.8) is 0 Å². The minimum atomic E-state index is -1.13. The van der Waals surface area contributed by atoms with Crippen molar-refractivity contribution < 1.29 is 24.2 Å². The number of allylic oxidation sites excluding steroid dienone is 3. The molecule has 1 aliphatic carbocycles. The van der Waals surface area contributed by atoms with Crippen molar-refractivity contribution >= 4 is 29.4 Å². The quantitative estimate of drug-likeness (QED) is 0.697. The standard InChI is InChI=1S/C16H16N2O5S/c1-8-11(13(20)21)18-14(22)16(17-6-7-23-16)15(18)24-12(8)9-2-4-10(19)5-3-9/h2-4,12,15,17H,5-7H2,1H3,(H,20,21)/t12?,15-,16?/m0/s1. The number of carboxylic acid groups (broad SMARTS) is 1. The number of carbonyl (C=O) groups excluding carboxylic acids is 2. The van der Waals surface area contributed by atoms with Gasteiger partial charge in [0.15, 0.2) is 5.78 Å². The number of ketones is 1. The van der Waals surface area contributed by atoms with Gasteiger partial charge in [-0.25, -0.2) is 4.79 Å². The Balaban J connectivity index is 1.75. The fraction of sp³-hybridized carbons (Fsp3) is 0.438. The minimum absolute atomic E-state index is 0.0166. The lowest BCUT2D eigenvalue weighted by molar-refractivity contribution is -0.184. The number of carboxylic acids is 1. The molecule has 0 aromatic carbocycles. The van der Waals surface area contributed by atoms with Crippen LogP contribution in [0.2, 0.25) is 0 Å². The summed E-state index contributed by atoms with van der Waals surface area (Å²) in [6.45, 7) is 2.71. The van der Waals surface area contributed by atoms with Crippen molar-refractivity contribution in [1.82, 2.24) is 10.2 Å². The van der Waals surface area contributed by atoms with Crippen molar-refractivity contribution in [2.24, 2.45) is 0 Å². The molecule has 2 saturated heterocycles. The molecule has 2 N–H and O–H groups in total. The van der Waals surface area contributed by atoms with Gasteiger partial charge in [0.05, 0.1) is 11.9 Å². The molecule has 8 heteroatoms. The first-order chi connectivity index (χ1) is 11.5. The number of hydrogen-bond acceptors (Lipinski definition) is 6. The molecule has 2 fully saturated rings. The first-order valence-corrected chi connectivity index (χ1v) is 8.63. The molecule has 3 atom stereocenters. The van der Waals surface area contributed by atoms with Gasteiger partial charge in [-0.05, 0) is 24.1 Å². The lowest BCUT2D eigenvalue weighted by Crippen LogP contribution is -2.78. The highest BCUT2D eigenvalue weighted by Crippen LogP contribution is 2.52. The number of fused-ring (bicyclic) bond motifs is 2. The highest BCUT2D eigenvalue weighted by molar-refractivity contribution is 8.01. The molecule has 0 aromatic rings. The van der Waals surface area contributed by atoms with Gasteiger partial charge in [-0.2, -0.15) is 0 Å². The number of rotatable bonds is 2. The second-order valence-corrected chi connectivity index (χ2v) is 7.29. The summed E-state index contributed by atoms with van der Waals surface area (Å²) in [6, 6.07) is 0. The Morgan fingerprint density at radius 1 is 1.46 bits per heavy atom. The van der Waals surface area contributed by atoms with Gasteiger partial charge in [0.2, 0.25) is 5.72 Å². The van der Waals surface area contributed by atoms with Crippen LogP contribution < -0.4 is 5.32 Å². The number of nitrogens with zero attached hydrogens (tertiary/aromatic N) is 1. The van der Waals surface area contributed by atoms with E-state index in [1.165, 1.54) is 22.7 Å². The Morgan fingerprint density at radius 2 is 2.25 bits per heavy atom. The second kappa shape index (κ2) is 5.30. The van der Waals surface area contributed by atoms with E-state index in [4.69, 9.17) is 4.74 Å². The maximum atomic E-state index is 12.6. The van der Waals surface area contributed by atoms with Crippen LogP contribution in [-0.2, 0) is 19.1 Å². The smallest absolute Gasteiger partial charge is 0.352 e. The fourth-order valence-electron chi connectivity index (χ4n) is 3.56. The van der Waals surface area contributed by atoms with Crippen molar-refractivity contribution in [3.8, 4) is 0 Å². The van der Waals surface area contributed by atoms with Crippen LogP contribution in [0.4, 0.5) is 0 Å². The van der Waals surface area contributed by atoms with Gasteiger partial charge in [0.1, 0.15) is 11.1 Å². The van der Waals surface area contributed by atoms with Gasteiger partial charge in [-0.15, -0.1) is 11.8 Å². The van der Waals surface area contributed by atoms with Crippen LogP contribution in [0.5, 0.6) is 0 Å². The Labute approximate surface area is 142 Å². The predicted octanol–water partition coefficient (Wildman–Crippen LogP) is 0.400. The highest BCUT2D eigenvalue weighted by Gasteiger charge is 2.68. The Kier molecular flexibility index (Phi) is 3.45. The van der Waals surface area contributed by atoms with Crippen LogP contribution in [-0.4, -0.2) is 57.2 Å². The lowest BCUT2D eigenvalue weighted by atomic mass is 9.94. The van der Waals surface area contributed by atoms with E-state index < -0.39 is 17.1 Å². The number of amides is 1.